The summed E-state index contributed by atoms with van der Waals surface area (Å²) < 4.78 is 1.01. The van der Waals surface area contributed by atoms with E-state index in [9.17, 15) is 4.79 Å². The maximum absolute atomic E-state index is 11.4. The first-order chi connectivity index (χ1) is 9.04. The number of aromatic nitrogens is 2. The van der Waals surface area contributed by atoms with Gasteiger partial charge in [0.25, 0.3) is 0 Å². The summed E-state index contributed by atoms with van der Waals surface area (Å²) in [7, 11) is 0. The molecule has 1 fully saturated rings. The Morgan fingerprint density at radius 3 is 3.00 bits per heavy atom. The molecular formula is C13H15BrN4O. The molecule has 2 heterocycles. The van der Waals surface area contributed by atoms with E-state index in [0.29, 0.717) is 6.54 Å². The van der Waals surface area contributed by atoms with Gasteiger partial charge in [-0.25, -0.2) is 4.98 Å². The first-order valence-corrected chi connectivity index (χ1v) is 7.03. The van der Waals surface area contributed by atoms with Gasteiger partial charge in [-0.2, -0.15) is 0 Å². The third-order valence-electron chi connectivity index (χ3n) is 3.71. The van der Waals surface area contributed by atoms with Crippen LogP contribution in [0.15, 0.2) is 22.7 Å². The molecular weight excluding hydrogens is 308 g/mol. The lowest BCUT2D eigenvalue weighted by molar-refractivity contribution is -0.122. The Morgan fingerprint density at radius 2 is 2.32 bits per heavy atom. The van der Waals surface area contributed by atoms with Crippen molar-refractivity contribution in [3.63, 3.8) is 0 Å². The summed E-state index contributed by atoms with van der Waals surface area (Å²) in [5, 5.41) is 0. The number of rotatable bonds is 2. The van der Waals surface area contributed by atoms with E-state index >= 15 is 0 Å². The molecule has 3 N–H and O–H groups in total. The second-order valence-electron chi connectivity index (χ2n) is 5.11. The summed E-state index contributed by atoms with van der Waals surface area (Å²) in [4.78, 5) is 21.3. The number of nitrogens with one attached hydrogen (secondary N) is 1. The molecule has 0 bridgehead atoms. The molecule has 1 amide bonds. The van der Waals surface area contributed by atoms with Crippen molar-refractivity contribution in [2.75, 3.05) is 18.0 Å². The number of anilines is 1. The molecule has 6 heteroatoms. The summed E-state index contributed by atoms with van der Waals surface area (Å²) in [6, 6.07) is 5.92. The molecule has 1 aromatic heterocycles. The van der Waals surface area contributed by atoms with Crippen LogP contribution in [-0.2, 0) is 4.79 Å². The monoisotopic (exact) mass is 322 g/mol. The Bertz CT molecular complexity index is 639. The molecule has 0 radical (unpaired) electrons. The standard InChI is InChI=1S/C13H15BrN4O/c1-7-5-18(6-9(7)12(15)19)13-16-10-3-2-8(14)4-11(10)17-13/h2-4,7,9H,5-6H2,1H3,(H2,15,19)(H,16,17)/t7-,9-/m1/s1. The van der Waals surface area contributed by atoms with Crippen LogP contribution in [0.3, 0.4) is 0 Å². The van der Waals surface area contributed by atoms with Crippen LogP contribution in [0.25, 0.3) is 11.0 Å². The van der Waals surface area contributed by atoms with Crippen LogP contribution in [0.2, 0.25) is 0 Å². The van der Waals surface area contributed by atoms with Gasteiger partial charge in [-0.1, -0.05) is 22.9 Å². The molecule has 3 rings (SSSR count). The molecule has 5 nitrogen and oxygen atoms in total. The number of halogens is 1. The van der Waals surface area contributed by atoms with Gasteiger partial charge in [-0.05, 0) is 24.1 Å². The molecule has 0 unspecified atom stereocenters. The normalized spacial score (nSPS) is 23.2. The van der Waals surface area contributed by atoms with E-state index in [1.807, 2.05) is 18.2 Å². The number of nitrogens with zero attached hydrogens (tertiary/aromatic N) is 2. The topological polar surface area (TPSA) is 75.0 Å². The predicted molar refractivity (Wildman–Crippen MR) is 77.9 cm³/mol. The second-order valence-corrected chi connectivity index (χ2v) is 6.03. The summed E-state index contributed by atoms with van der Waals surface area (Å²) >= 11 is 3.44. The molecule has 100 valence electrons. The highest BCUT2D eigenvalue weighted by atomic mass is 79.9. The lowest BCUT2D eigenvalue weighted by Crippen LogP contribution is -2.29. The molecule has 1 aliphatic rings. The predicted octanol–water partition coefficient (Wildman–Crippen LogP) is 1.88. The lowest BCUT2D eigenvalue weighted by atomic mass is 9.98. The van der Waals surface area contributed by atoms with Crippen molar-refractivity contribution in [1.82, 2.24) is 9.97 Å². The van der Waals surface area contributed by atoms with Crippen molar-refractivity contribution in [3.05, 3.63) is 22.7 Å². The van der Waals surface area contributed by atoms with E-state index in [0.717, 1.165) is 28.0 Å². The average molecular weight is 323 g/mol. The Labute approximate surface area is 119 Å². The number of H-pyrrole nitrogens is 1. The number of primary amides is 1. The Morgan fingerprint density at radius 1 is 1.53 bits per heavy atom. The van der Waals surface area contributed by atoms with Crippen molar-refractivity contribution in [2.45, 2.75) is 6.92 Å². The molecule has 19 heavy (non-hydrogen) atoms. The van der Waals surface area contributed by atoms with Crippen LogP contribution in [0.4, 0.5) is 5.95 Å². The van der Waals surface area contributed by atoms with E-state index in [2.05, 4.69) is 37.7 Å². The van der Waals surface area contributed by atoms with Crippen LogP contribution in [0, 0.1) is 11.8 Å². The largest absolute Gasteiger partial charge is 0.369 e. The number of nitrogens with two attached hydrogens (primary N) is 1. The Hall–Kier alpha value is -1.56. The summed E-state index contributed by atoms with van der Waals surface area (Å²) in [6.45, 7) is 3.49. The molecule has 2 atom stereocenters. The average Bonchev–Trinajstić information content (AvgIpc) is 2.91. The van der Waals surface area contributed by atoms with Gasteiger partial charge in [0, 0.05) is 17.6 Å². The van der Waals surface area contributed by atoms with Crippen LogP contribution >= 0.6 is 15.9 Å². The summed E-state index contributed by atoms with van der Waals surface area (Å²) in [5.41, 5.74) is 7.33. The molecule has 1 aromatic carbocycles. The molecule has 0 saturated carbocycles. The van der Waals surface area contributed by atoms with Crippen molar-refractivity contribution >= 4 is 38.8 Å². The summed E-state index contributed by atoms with van der Waals surface area (Å²) in [6.07, 6.45) is 0. The maximum atomic E-state index is 11.4. The van der Waals surface area contributed by atoms with E-state index in [-0.39, 0.29) is 17.7 Å². The minimum absolute atomic E-state index is 0.0973. The first-order valence-electron chi connectivity index (χ1n) is 6.24. The number of aromatic amines is 1. The van der Waals surface area contributed by atoms with E-state index < -0.39 is 0 Å². The SMILES string of the molecule is C[C@@H]1CN(c2nc3ccc(Br)cc3[nH]2)C[C@H]1C(N)=O. The fourth-order valence-corrected chi connectivity index (χ4v) is 2.99. The van der Waals surface area contributed by atoms with E-state index in [1.54, 1.807) is 0 Å². The third-order valence-corrected chi connectivity index (χ3v) is 4.20. The maximum Gasteiger partial charge on any atom is 0.222 e. The summed E-state index contributed by atoms with van der Waals surface area (Å²) in [5.74, 6) is 0.745. The van der Waals surface area contributed by atoms with E-state index in [4.69, 9.17) is 5.73 Å². The number of fused-ring (bicyclic) bond motifs is 1. The van der Waals surface area contributed by atoms with Gasteiger partial charge in [0.05, 0.1) is 17.0 Å². The highest BCUT2D eigenvalue weighted by molar-refractivity contribution is 9.10. The first kappa shape index (κ1) is 12.5. The van der Waals surface area contributed by atoms with Crippen LogP contribution in [-0.4, -0.2) is 29.0 Å². The quantitative estimate of drug-likeness (QED) is 0.886. The minimum atomic E-state index is -0.228. The van der Waals surface area contributed by atoms with Gasteiger partial charge in [-0.15, -0.1) is 0 Å². The number of imidazole rings is 1. The van der Waals surface area contributed by atoms with Gasteiger partial charge in [0.2, 0.25) is 11.9 Å². The van der Waals surface area contributed by atoms with Gasteiger partial charge < -0.3 is 15.6 Å². The Balaban J connectivity index is 1.91. The zero-order chi connectivity index (χ0) is 13.6. The van der Waals surface area contributed by atoms with Gasteiger partial charge in [0.15, 0.2) is 0 Å². The molecule has 0 aliphatic carbocycles. The highest BCUT2D eigenvalue weighted by Gasteiger charge is 2.34. The van der Waals surface area contributed by atoms with Gasteiger partial charge >= 0.3 is 0 Å². The fraction of sp³-hybridized carbons (Fsp3) is 0.385. The van der Waals surface area contributed by atoms with Crippen molar-refractivity contribution in [2.24, 2.45) is 17.6 Å². The molecule has 1 aliphatic heterocycles. The van der Waals surface area contributed by atoms with Crippen LogP contribution in [0.5, 0.6) is 0 Å². The number of hydrogen-bond acceptors (Lipinski definition) is 3. The number of carbonyl (C=O) groups is 1. The fourth-order valence-electron chi connectivity index (χ4n) is 2.63. The van der Waals surface area contributed by atoms with Gasteiger partial charge in [0.1, 0.15) is 0 Å². The van der Waals surface area contributed by atoms with E-state index in [1.165, 1.54) is 0 Å². The van der Waals surface area contributed by atoms with Crippen molar-refractivity contribution in [1.29, 1.82) is 0 Å². The van der Waals surface area contributed by atoms with Gasteiger partial charge in [-0.3, -0.25) is 4.79 Å². The van der Waals surface area contributed by atoms with Crippen LogP contribution in [0.1, 0.15) is 6.92 Å². The zero-order valence-electron chi connectivity index (χ0n) is 10.6. The zero-order valence-corrected chi connectivity index (χ0v) is 12.1. The third kappa shape index (κ3) is 2.20. The van der Waals surface area contributed by atoms with Crippen molar-refractivity contribution < 1.29 is 4.79 Å². The lowest BCUT2D eigenvalue weighted by Gasteiger charge is -2.13. The molecule has 0 spiro atoms. The Kier molecular flexibility index (Phi) is 2.97. The minimum Gasteiger partial charge on any atom is -0.369 e. The molecule has 2 aromatic rings. The van der Waals surface area contributed by atoms with Crippen LogP contribution < -0.4 is 10.6 Å². The second kappa shape index (κ2) is 4.52. The highest BCUT2D eigenvalue weighted by Crippen LogP contribution is 2.28. The number of hydrogen-bond donors (Lipinski definition) is 2. The number of amides is 1. The smallest absolute Gasteiger partial charge is 0.222 e. The van der Waals surface area contributed by atoms with Crippen molar-refractivity contribution in [3.8, 4) is 0 Å². The molecule has 1 saturated heterocycles. The number of benzene rings is 1. The number of carbonyl (C=O) groups excluding carboxylic acids is 1.